The van der Waals surface area contributed by atoms with Gasteiger partial charge in [0.1, 0.15) is 0 Å². The van der Waals surface area contributed by atoms with E-state index in [1.165, 1.54) is 19.3 Å². The first-order chi connectivity index (χ1) is 13.6. The molecule has 0 aromatic rings. The monoisotopic (exact) mass is 400 g/mol. The van der Waals surface area contributed by atoms with Crippen molar-refractivity contribution in [3.8, 4) is 0 Å². The summed E-state index contributed by atoms with van der Waals surface area (Å²) < 4.78 is 0. The molecule has 0 rings (SSSR count). The molecule has 0 fully saturated rings. The topological polar surface area (TPSA) is 93.0 Å². The molecule has 1 amide bonds. The molecule has 0 saturated carbocycles. The third-order valence-corrected chi connectivity index (χ3v) is 4.76. The summed E-state index contributed by atoms with van der Waals surface area (Å²) >= 11 is 0. The number of nitrogens with zero attached hydrogens (tertiary/aromatic N) is 1. The summed E-state index contributed by atoms with van der Waals surface area (Å²) in [6.45, 7) is 2.76. The van der Waals surface area contributed by atoms with Gasteiger partial charge in [0, 0.05) is 19.5 Å². The first-order valence-corrected chi connectivity index (χ1v) is 11.2. The van der Waals surface area contributed by atoms with Gasteiger partial charge in [-0.15, -0.1) is 0 Å². The van der Waals surface area contributed by atoms with Crippen LogP contribution in [0.25, 0.3) is 0 Å². The molecular formula is C22H44N2O4. The first-order valence-electron chi connectivity index (χ1n) is 11.2. The van der Waals surface area contributed by atoms with E-state index in [2.05, 4.69) is 24.5 Å². The fourth-order valence-electron chi connectivity index (χ4n) is 3.07. The number of allylic oxidation sites excluding steroid dienone is 1. The van der Waals surface area contributed by atoms with E-state index in [0.29, 0.717) is 19.5 Å². The third kappa shape index (κ3) is 18.4. The smallest absolute Gasteiger partial charge is 0.234 e. The Labute approximate surface area is 172 Å². The van der Waals surface area contributed by atoms with Gasteiger partial charge in [-0.2, -0.15) is 0 Å². The average molecular weight is 401 g/mol. The van der Waals surface area contributed by atoms with Crippen LogP contribution in [-0.4, -0.2) is 58.6 Å². The third-order valence-electron chi connectivity index (χ3n) is 4.76. The Morgan fingerprint density at radius 1 is 0.929 bits per heavy atom. The number of aliphatic hydroxyl groups excluding tert-OH is 3. The van der Waals surface area contributed by atoms with Crippen LogP contribution in [0.3, 0.4) is 0 Å². The van der Waals surface area contributed by atoms with Crippen molar-refractivity contribution < 1.29 is 20.1 Å². The van der Waals surface area contributed by atoms with E-state index < -0.39 is 0 Å². The molecular weight excluding hydrogens is 356 g/mol. The summed E-state index contributed by atoms with van der Waals surface area (Å²) in [5.41, 5.74) is 2.72. The van der Waals surface area contributed by atoms with E-state index in [4.69, 9.17) is 10.2 Å². The predicted octanol–water partition coefficient (Wildman–Crippen LogP) is 3.31. The highest BCUT2D eigenvalue weighted by Gasteiger charge is 2.07. The standard InChI is InChI=1S/C22H44N2O4/c1-2-3-4-11-14-21(27)15-12-9-7-5-6-8-10-13-16-22(28)23-24(17-19-25)18-20-26/h9,12,21,25-27H,2-8,10-11,13-20H2,1H3,(H,23,28)/b12-9-/t21-/m1/s1. The molecule has 0 aliphatic carbocycles. The number of aliphatic hydroxyl groups is 3. The van der Waals surface area contributed by atoms with Crippen molar-refractivity contribution in [2.75, 3.05) is 26.3 Å². The Hall–Kier alpha value is -0.950. The van der Waals surface area contributed by atoms with Crippen molar-refractivity contribution in [2.24, 2.45) is 0 Å². The number of amides is 1. The van der Waals surface area contributed by atoms with Gasteiger partial charge in [-0.1, -0.05) is 64.0 Å². The van der Waals surface area contributed by atoms with E-state index in [9.17, 15) is 9.90 Å². The van der Waals surface area contributed by atoms with Gasteiger partial charge in [0.15, 0.2) is 0 Å². The lowest BCUT2D eigenvalue weighted by Gasteiger charge is -2.21. The van der Waals surface area contributed by atoms with Crippen LogP contribution in [0.15, 0.2) is 12.2 Å². The zero-order chi connectivity index (χ0) is 20.9. The Balaban J connectivity index is 3.50. The van der Waals surface area contributed by atoms with E-state index in [1.807, 2.05) is 0 Å². The summed E-state index contributed by atoms with van der Waals surface area (Å²) in [6.07, 6.45) is 17.5. The normalized spacial score (nSPS) is 12.8. The zero-order valence-electron chi connectivity index (χ0n) is 17.9. The molecule has 166 valence electrons. The minimum atomic E-state index is -0.190. The highest BCUT2D eigenvalue weighted by molar-refractivity contribution is 5.75. The molecule has 0 radical (unpaired) electrons. The highest BCUT2D eigenvalue weighted by atomic mass is 16.3. The Morgan fingerprint density at radius 3 is 2.25 bits per heavy atom. The largest absolute Gasteiger partial charge is 0.395 e. The van der Waals surface area contributed by atoms with Crippen LogP contribution in [0.1, 0.15) is 90.4 Å². The van der Waals surface area contributed by atoms with Crippen LogP contribution in [0, 0.1) is 0 Å². The van der Waals surface area contributed by atoms with Crippen molar-refractivity contribution in [3.63, 3.8) is 0 Å². The summed E-state index contributed by atoms with van der Waals surface area (Å²) in [6, 6.07) is 0. The van der Waals surface area contributed by atoms with Gasteiger partial charge < -0.3 is 15.3 Å². The Kier molecular flexibility index (Phi) is 20.1. The Bertz CT molecular complexity index is 372. The number of nitrogens with one attached hydrogen (secondary N) is 1. The fraction of sp³-hybridized carbons (Fsp3) is 0.864. The van der Waals surface area contributed by atoms with Crippen molar-refractivity contribution in [1.29, 1.82) is 0 Å². The maximum absolute atomic E-state index is 11.8. The van der Waals surface area contributed by atoms with Crippen LogP contribution < -0.4 is 5.43 Å². The summed E-state index contributed by atoms with van der Waals surface area (Å²) in [5, 5.41) is 29.3. The van der Waals surface area contributed by atoms with Gasteiger partial charge in [0.05, 0.1) is 19.3 Å². The van der Waals surface area contributed by atoms with Crippen LogP contribution in [0.2, 0.25) is 0 Å². The van der Waals surface area contributed by atoms with E-state index in [0.717, 1.165) is 57.8 Å². The molecule has 6 nitrogen and oxygen atoms in total. The number of unbranched alkanes of at least 4 members (excludes halogenated alkanes) is 8. The Morgan fingerprint density at radius 2 is 1.57 bits per heavy atom. The van der Waals surface area contributed by atoms with Crippen LogP contribution in [0.4, 0.5) is 0 Å². The molecule has 1 atom stereocenters. The molecule has 6 heteroatoms. The lowest BCUT2D eigenvalue weighted by molar-refractivity contribution is -0.126. The van der Waals surface area contributed by atoms with Crippen molar-refractivity contribution >= 4 is 5.91 Å². The van der Waals surface area contributed by atoms with Crippen LogP contribution >= 0.6 is 0 Å². The average Bonchev–Trinajstić information content (AvgIpc) is 2.67. The predicted molar refractivity (Wildman–Crippen MR) is 115 cm³/mol. The van der Waals surface area contributed by atoms with Crippen LogP contribution in [0.5, 0.6) is 0 Å². The second-order valence-corrected chi connectivity index (χ2v) is 7.49. The lowest BCUT2D eigenvalue weighted by Crippen LogP contribution is -2.45. The quantitative estimate of drug-likeness (QED) is 0.143. The molecule has 28 heavy (non-hydrogen) atoms. The maximum atomic E-state index is 11.8. The van der Waals surface area contributed by atoms with Crippen LogP contribution in [-0.2, 0) is 4.79 Å². The minimum Gasteiger partial charge on any atom is -0.395 e. The zero-order valence-corrected chi connectivity index (χ0v) is 17.9. The maximum Gasteiger partial charge on any atom is 0.234 e. The van der Waals surface area contributed by atoms with Gasteiger partial charge >= 0.3 is 0 Å². The number of carbonyl (C=O) groups is 1. The van der Waals surface area contributed by atoms with Crippen molar-refractivity contribution in [3.05, 3.63) is 12.2 Å². The second kappa shape index (κ2) is 20.8. The molecule has 0 aliphatic rings. The van der Waals surface area contributed by atoms with E-state index in [-0.39, 0.29) is 25.2 Å². The summed E-state index contributed by atoms with van der Waals surface area (Å²) in [4.78, 5) is 11.8. The minimum absolute atomic E-state index is 0.0490. The molecule has 4 N–H and O–H groups in total. The molecule has 0 heterocycles. The number of hydrazine groups is 1. The summed E-state index contributed by atoms with van der Waals surface area (Å²) in [5.74, 6) is -0.0573. The van der Waals surface area contributed by atoms with Crippen molar-refractivity contribution in [1.82, 2.24) is 10.4 Å². The molecule has 0 saturated heterocycles. The van der Waals surface area contributed by atoms with Gasteiger partial charge in [0.2, 0.25) is 5.91 Å². The lowest BCUT2D eigenvalue weighted by atomic mass is 10.1. The molecule has 0 aliphatic heterocycles. The van der Waals surface area contributed by atoms with Gasteiger partial charge in [-0.05, 0) is 32.1 Å². The first kappa shape index (κ1) is 27.0. The van der Waals surface area contributed by atoms with Crippen molar-refractivity contribution in [2.45, 2.75) is 96.5 Å². The van der Waals surface area contributed by atoms with Gasteiger partial charge in [0.25, 0.3) is 0 Å². The number of carbonyl (C=O) groups excluding carboxylic acids is 1. The molecule has 0 bridgehead atoms. The second-order valence-electron chi connectivity index (χ2n) is 7.49. The fourth-order valence-corrected chi connectivity index (χ4v) is 3.07. The van der Waals surface area contributed by atoms with E-state index in [1.54, 1.807) is 5.01 Å². The molecule has 0 unspecified atom stereocenters. The number of hydrogen-bond acceptors (Lipinski definition) is 5. The molecule has 0 spiro atoms. The SMILES string of the molecule is CCCCCC[C@@H](O)C/C=C\CCCCCCCC(=O)NN(CCO)CCO. The highest BCUT2D eigenvalue weighted by Crippen LogP contribution is 2.10. The molecule has 0 aromatic heterocycles. The summed E-state index contributed by atoms with van der Waals surface area (Å²) in [7, 11) is 0. The molecule has 0 aromatic carbocycles. The van der Waals surface area contributed by atoms with Gasteiger partial charge in [-0.25, -0.2) is 5.01 Å². The number of rotatable bonds is 20. The van der Waals surface area contributed by atoms with E-state index >= 15 is 0 Å². The van der Waals surface area contributed by atoms with Gasteiger partial charge in [-0.3, -0.25) is 10.2 Å². The number of hydrogen-bond donors (Lipinski definition) is 4.